The van der Waals surface area contributed by atoms with Crippen LogP contribution < -0.4 is 0 Å². The van der Waals surface area contributed by atoms with Gasteiger partial charge >= 0.3 is 0 Å². The van der Waals surface area contributed by atoms with Gasteiger partial charge in [-0.3, -0.25) is 0 Å². The highest BCUT2D eigenvalue weighted by molar-refractivity contribution is 4.79. The lowest BCUT2D eigenvalue weighted by atomic mass is 9.75. The summed E-state index contributed by atoms with van der Waals surface area (Å²) in [6, 6.07) is 0. The molecule has 4 atom stereocenters. The van der Waals surface area contributed by atoms with E-state index in [0.717, 1.165) is 12.3 Å². The Bertz CT molecular complexity index is 85.3. The number of aliphatic hydroxyl groups excluding tert-OH is 1. The lowest BCUT2D eigenvalue weighted by Crippen LogP contribution is -2.31. The molecule has 0 aromatic rings. The van der Waals surface area contributed by atoms with Crippen molar-refractivity contribution in [1.82, 2.24) is 0 Å². The number of aliphatic hydroxyl groups is 1. The lowest BCUT2D eigenvalue weighted by molar-refractivity contribution is 0.0330. The molecule has 0 spiro atoms. The molecule has 1 saturated carbocycles. The maximum absolute atomic E-state index is 9.47. The van der Waals surface area contributed by atoms with Gasteiger partial charge in [0.25, 0.3) is 0 Å². The van der Waals surface area contributed by atoms with Gasteiger partial charge in [-0.1, -0.05) is 20.8 Å². The molecule has 1 rings (SSSR count). The Morgan fingerprint density at radius 3 is 1.90 bits per heavy atom. The van der Waals surface area contributed by atoms with Crippen LogP contribution in [-0.4, -0.2) is 11.2 Å². The molecule has 1 fully saturated rings. The summed E-state index contributed by atoms with van der Waals surface area (Å²) in [5, 5.41) is 9.47. The van der Waals surface area contributed by atoms with E-state index in [1.807, 2.05) is 0 Å². The highest BCUT2D eigenvalue weighted by Gasteiger charge is 2.28. The Kier molecular flexibility index (Phi) is 2.35. The Balaban J connectivity index is 2.46. The maximum atomic E-state index is 9.47. The van der Waals surface area contributed by atoms with Crippen molar-refractivity contribution >= 4 is 0 Å². The smallest absolute Gasteiger partial charge is 0.0568 e. The van der Waals surface area contributed by atoms with Crippen LogP contribution in [0, 0.1) is 17.8 Å². The average Bonchev–Trinajstić information content (AvgIpc) is 1.84. The summed E-state index contributed by atoms with van der Waals surface area (Å²) in [6.45, 7) is 6.67. The van der Waals surface area contributed by atoms with Crippen molar-refractivity contribution in [1.29, 1.82) is 0 Å². The molecule has 0 saturated heterocycles. The molecule has 1 N–H and O–H groups in total. The zero-order chi connectivity index (χ0) is 7.72. The van der Waals surface area contributed by atoms with Gasteiger partial charge in [0.2, 0.25) is 0 Å². The van der Waals surface area contributed by atoms with Crippen LogP contribution in [0.2, 0.25) is 0 Å². The quantitative estimate of drug-likeness (QED) is 0.549. The fourth-order valence-electron chi connectivity index (χ4n) is 1.82. The highest BCUT2D eigenvalue weighted by atomic mass is 16.3. The van der Waals surface area contributed by atoms with Gasteiger partial charge in [0.1, 0.15) is 0 Å². The zero-order valence-electron chi connectivity index (χ0n) is 7.17. The molecule has 0 aliphatic heterocycles. The van der Waals surface area contributed by atoms with Gasteiger partial charge in [0, 0.05) is 0 Å². The first kappa shape index (κ1) is 8.06. The van der Waals surface area contributed by atoms with Gasteiger partial charge in [-0.2, -0.15) is 0 Å². The molecule has 2 unspecified atom stereocenters. The molecule has 0 amide bonds. The van der Waals surface area contributed by atoms with E-state index < -0.39 is 0 Å². The lowest BCUT2D eigenvalue weighted by Gasteiger charge is -2.34. The Morgan fingerprint density at radius 1 is 0.900 bits per heavy atom. The number of hydrogen-bond donors (Lipinski definition) is 1. The Labute approximate surface area is 63.4 Å². The molecule has 0 aromatic heterocycles. The summed E-state index contributed by atoms with van der Waals surface area (Å²) in [6.07, 6.45) is 2.16. The third kappa shape index (κ3) is 1.51. The van der Waals surface area contributed by atoms with Crippen LogP contribution in [0.4, 0.5) is 0 Å². The van der Waals surface area contributed by atoms with Crippen LogP contribution in [0.25, 0.3) is 0 Å². The summed E-state index contributed by atoms with van der Waals surface area (Å²) < 4.78 is 0. The summed E-state index contributed by atoms with van der Waals surface area (Å²) in [4.78, 5) is 0. The van der Waals surface area contributed by atoms with Crippen molar-refractivity contribution in [3.63, 3.8) is 0 Å². The van der Waals surface area contributed by atoms with Crippen LogP contribution in [0.3, 0.4) is 0 Å². The normalized spacial score (nSPS) is 49.2. The number of hydrogen-bond acceptors (Lipinski definition) is 1. The first-order valence-corrected chi connectivity index (χ1v) is 4.29. The van der Waals surface area contributed by atoms with Gasteiger partial charge in [-0.25, -0.2) is 0 Å². The number of rotatable bonds is 0. The van der Waals surface area contributed by atoms with Crippen LogP contribution in [0.5, 0.6) is 0 Å². The fourth-order valence-corrected chi connectivity index (χ4v) is 1.82. The summed E-state index contributed by atoms with van der Waals surface area (Å²) in [5.41, 5.74) is 0. The van der Waals surface area contributed by atoms with E-state index in [1.165, 1.54) is 6.42 Å². The molecule has 1 nitrogen and oxygen atoms in total. The van der Waals surface area contributed by atoms with Gasteiger partial charge in [0.05, 0.1) is 6.10 Å². The molecular formula is C9H18O. The van der Waals surface area contributed by atoms with Crippen molar-refractivity contribution in [2.24, 2.45) is 17.8 Å². The van der Waals surface area contributed by atoms with Gasteiger partial charge in [-0.05, 0) is 30.6 Å². The van der Waals surface area contributed by atoms with Crippen molar-refractivity contribution in [3.8, 4) is 0 Å². The summed E-state index contributed by atoms with van der Waals surface area (Å²) in [5.74, 6) is 2.04. The van der Waals surface area contributed by atoms with Crippen molar-refractivity contribution < 1.29 is 5.11 Å². The third-order valence-corrected chi connectivity index (χ3v) is 2.99. The zero-order valence-corrected chi connectivity index (χ0v) is 7.17. The molecule has 0 radical (unpaired) electrons. The van der Waals surface area contributed by atoms with E-state index in [2.05, 4.69) is 20.8 Å². The first-order chi connectivity index (χ1) is 4.61. The highest BCUT2D eigenvalue weighted by Crippen LogP contribution is 2.32. The standard InChI is InChI=1S/C9H18O/c1-6-4-8(3)9(10)5-7(6)2/h6-10H,4-5H2,1-3H3/t6-,7+,8?,9?/m1/s1. The minimum Gasteiger partial charge on any atom is -0.393 e. The molecule has 1 aliphatic carbocycles. The summed E-state index contributed by atoms with van der Waals surface area (Å²) >= 11 is 0. The molecule has 0 aromatic carbocycles. The minimum atomic E-state index is -0.0359. The monoisotopic (exact) mass is 142 g/mol. The molecule has 0 heterocycles. The van der Waals surface area contributed by atoms with Crippen molar-refractivity contribution in [2.45, 2.75) is 39.7 Å². The predicted molar refractivity (Wildman–Crippen MR) is 42.7 cm³/mol. The summed E-state index contributed by atoms with van der Waals surface area (Å²) in [7, 11) is 0. The second-order valence-corrected chi connectivity index (χ2v) is 3.97. The van der Waals surface area contributed by atoms with E-state index in [-0.39, 0.29) is 6.10 Å². The van der Waals surface area contributed by atoms with E-state index >= 15 is 0 Å². The minimum absolute atomic E-state index is 0.0359. The molecule has 1 aliphatic rings. The van der Waals surface area contributed by atoms with Gasteiger partial charge < -0.3 is 5.11 Å². The molecular weight excluding hydrogens is 124 g/mol. The third-order valence-electron chi connectivity index (χ3n) is 2.99. The van der Waals surface area contributed by atoms with E-state index in [4.69, 9.17) is 0 Å². The molecule has 1 heteroatoms. The van der Waals surface area contributed by atoms with Crippen molar-refractivity contribution in [3.05, 3.63) is 0 Å². The van der Waals surface area contributed by atoms with Gasteiger partial charge in [-0.15, -0.1) is 0 Å². The average molecular weight is 142 g/mol. The van der Waals surface area contributed by atoms with Crippen LogP contribution in [-0.2, 0) is 0 Å². The Hall–Kier alpha value is -0.0400. The predicted octanol–water partition coefficient (Wildman–Crippen LogP) is 2.05. The molecule has 10 heavy (non-hydrogen) atoms. The van der Waals surface area contributed by atoms with E-state index in [0.29, 0.717) is 11.8 Å². The SMILES string of the molecule is CC1C[C@@H](C)[C@@H](C)CC1O. The van der Waals surface area contributed by atoms with Crippen LogP contribution in [0.15, 0.2) is 0 Å². The van der Waals surface area contributed by atoms with E-state index in [1.54, 1.807) is 0 Å². The largest absolute Gasteiger partial charge is 0.393 e. The second-order valence-electron chi connectivity index (χ2n) is 3.97. The Morgan fingerprint density at radius 2 is 1.40 bits per heavy atom. The van der Waals surface area contributed by atoms with Crippen LogP contribution in [0.1, 0.15) is 33.6 Å². The first-order valence-electron chi connectivity index (χ1n) is 4.29. The fraction of sp³-hybridized carbons (Fsp3) is 1.00. The van der Waals surface area contributed by atoms with Crippen LogP contribution >= 0.6 is 0 Å². The maximum Gasteiger partial charge on any atom is 0.0568 e. The van der Waals surface area contributed by atoms with Gasteiger partial charge in [0.15, 0.2) is 0 Å². The molecule has 60 valence electrons. The molecule has 0 bridgehead atoms. The second kappa shape index (κ2) is 2.91. The van der Waals surface area contributed by atoms with E-state index in [9.17, 15) is 5.11 Å². The van der Waals surface area contributed by atoms with Crippen molar-refractivity contribution in [2.75, 3.05) is 0 Å². The topological polar surface area (TPSA) is 20.2 Å².